The molecule has 1 N–H and O–H groups in total. The summed E-state index contributed by atoms with van der Waals surface area (Å²) in [4.78, 5) is 0. The van der Waals surface area contributed by atoms with Gasteiger partial charge >= 0.3 is 0 Å². The van der Waals surface area contributed by atoms with Gasteiger partial charge in [-0.2, -0.15) is 0 Å². The van der Waals surface area contributed by atoms with Crippen molar-refractivity contribution in [3.63, 3.8) is 0 Å². The maximum Gasteiger partial charge on any atom is 0.120 e. The summed E-state index contributed by atoms with van der Waals surface area (Å²) in [7, 11) is 0. The third-order valence-corrected chi connectivity index (χ3v) is 4.22. The molecule has 20 heavy (non-hydrogen) atoms. The van der Waals surface area contributed by atoms with E-state index in [4.69, 9.17) is 9.47 Å². The smallest absolute Gasteiger partial charge is 0.120 e. The second-order valence-electron chi connectivity index (χ2n) is 6.06. The Balaban J connectivity index is 1.50. The van der Waals surface area contributed by atoms with Gasteiger partial charge in [-0.05, 0) is 62.6 Å². The lowest BCUT2D eigenvalue weighted by Crippen LogP contribution is -2.32. The zero-order valence-corrected chi connectivity index (χ0v) is 12.1. The topological polar surface area (TPSA) is 38.7 Å². The van der Waals surface area contributed by atoms with Gasteiger partial charge in [0, 0.05) is 6.61 Å². The van der Waals surface area contributed by atoms with E-state index < -0.39 is 0 Å². The molecule has 0 radical (unpaired) electrons. The van der Waals surface area contributed by atoms with Crippen molar-refractivity contribution < 1.29 is 14.6 Å². The molecule has 3 heteroatoms. The number of ether oxygens (including phenoxy) is 2. The van der Waals surface area contributed by atoms with Gasteiger partial charge in [0.1, 0.15) is 5.75 Å². The highest BCUT2D eigenvalue weighted by Gasteiger charge is 2.31. The van der Waals surface area contributed by atoms with Crippen molar-refractivity contribution in [2.24, 2.45) is 5.92 Å². The summed E-state index contributed by atoms with van der Waals surface area (Å²) in [5, 5.41) is 10.3. The van der Waals surface area contributed by atoms with Gasteiger partial charge in [-0.1, -0.05) is 12.1 Å². The molecule has 0 aliphatic heterocycles. The molecule has 1 aromatic carbocycles. The van der Waals surface area contributed by atoms with Crippen LogP contribution < -0.4 is 4.74 Å². The molecule has 2 fully saturated rings. The third-order valence-electron chi connectivity index (χ3n) is 4.22. The van der Waals surface area contributed by atoms with Crippen LogP contribution in [-0.2, 0) is 4.74 Å². The van der Waals surface area contributed by atoms with Gasteiger partial charge in [-0.3, -0.25) is 0 Å². The molecule has 0 amide bonds. The molecule has 0 spiro atoms. The Morgan fingerprint density at radius 2 is 2.05 bits per heavy atom. The van der Waals surface area contributed by atoms with Crippen molar-refractivity contribution in [1.82, 2.24) is 0 Å². The molecule has 0 saturated heterocycles. The predicted octanol–water partition coefficient (Wildman–Crippen LogP) is 3.47. The Hall–Kier alpha value is -1.06. The number of hydrogen-bond acceptors (Lipinski definition) is 3. The quantitative estimate of drug-likeness (QED) is 0.829. The maximum absolute atomic E-state index is 10.3. The van der Waals surface area contributed by atoms with Crippen LogP contribution in [-0.4, -0.2) is 23.9 Å². The Kier molecular flexibility index (Phi) is 4.27. The minimum atomic E-state index is -0.384. The molecule has 0 bridgehead atoms. The van der Waals surface area contributed by atoms with Crippen LogP contribution in [0.2, 0.25) is 0 Å². The molecule has 1 atom stereocenters. The number of aliphatic hydroxyl groups excluding tert-OH is 1. The molecule has 3 nitrogen and oxygen atoms in total. The first-order valence-electron chi connectivity index (χ1n) is 7.81. The minimum absolute atomic E-state index is 0.384. The average molecular weight is 276 g/mol. The van der Waals surface area contributed by atoms with E-state index in [1.165, 1.54) is 0 Å². The van der Waals surface area contributed by atoms with Gasteiger partial charge in [0.15, 0.2) is 0 Å². The molecule has 1 aromatic rings. The van der Waals surface area contributed by atoms with Crippen LogP contribution in [0.15, 0.2) is 24.3 Å². The van der Waals surface area contributed by atoms with Crippen LogP contribution in [0.1, 0.15) is 50.7 Å². The fourth-order valence-corrected chi connectivity index (χ4v) is 2.86. The minimum Gasteiger partial charge on any atom is -0.490 e. The molecule has 0 heterocycles. The van der Waals surface area contributed by atoms with E-state index in [2.05, 4.69) is 0 Å². The lowest BCUT2D eigenvalue weighted by atomic mass is 9.78. The Labute approximate surface area is 120 Å². The van der Waals surface area contributed by atoms with Crippen molar-refractivity contribution >= 4 is 0 Å². The van der Waals surface area contributed by atoms with Gasteiger partial charge < -0.3 is 14.6 Å². The number of benzene rings is 1. The lowest BCUT2D eigenvalue weighted by molar-refractivity contribution is -0.0380. The highest BCUT2D eigenvalue weighted by atomic mass is 16.5. The average Bonchev–Trinajstić information content (AvgIpc) is 3.20. The van der Waals surface area contributed by atoms with E-state index in [1.807, 2.05) is 31.2 Å². The third kappa shape index (κ3) is 3.53. The summed E-state index contributed by atoms with van der Waals surface area (Å²) < 4.78 is 11.3. The van der Waals surface area contributed by atoms with Crippen LogP contribution in [0.25, 0.3) is 0 Å². The summed E-state index contributed by atoms with van der Waals surface area (Å²) in [6.45, 7) is 2.83. The predicted molar refractivity (Wildman–Crippen MR) is 77.8 cm³/mol. The van der Waals surface area contributed by atoms with E-state index >= 15 is 0 Å². The largest absolute Gasteiger partial charge is 0.490 e. The zero-order valence-electron chi connectivity index (χ0n) is 12.1. The van der Waals surface area contributed by atoms with Crippen molar-refractivity contribution in [3.05, 3.63) is 29.8 Å². The summed E-state index contributed by atoms with van der Waals surface area (Å²) in [6, 6.07) is 7.92. The first kappa shape index (κ1) is 13.9. The summed E-state index contributed by atoms with van der Waals surface area (Å²) in [5.74, 6) is 1.49. The van der Waals surface area contributed by atoms with Crippen LogP contribution in [0.3, 0.4) is 0 Å². The first-order valence-corrected chi connectivity index (χ1v) is 7.81. The molecule has 2 aliphatic carbocycles. The highest BCUT2D eigenvalue weighted by molar-refractivity contribution is 5.30. The Morgan fingerprint density at radius 3 is 2.75 bits per heavy atom. The van der Waals surface area contributed by atoms with Crippen molar-refractivity contribution in [2.75, 3.05) is 6.61 Å². The van der Waals surface area contributed by atoms with Gasteiger partial charge in [0.25, 0.3) is 0 Å². The molecule has 110 valence electrons. The Bertz CT molecular complexity index is 436. The van der Waals surface area contributed by atoms with E-state index in [-0.39, 0.29) is 6.10 Å². The molecular weight excluding hydrogens is 252 g/mol. The van der Waals surface area contributed by atoms with Crippen molar-refractivity contribution in [2.45, 2.75) is 57.3 Å². The van der Waals surface area contributed by atoms with Crippen molar-refractivity contribution in [3.8, 4) is 5.75 Å². The van der Waals surface area contributed by atoms with Gasteiger partial charge in [-0.15, -0.1) is 0 Å². The summed E-state index contributed by atoms with van der Waals surface area (Å²) in [5.41, 5.74) is 0.975. The normalized spacial score (nSPS) is 26.9. The maximum atomic E-state index is 10.3. The highest BCUT2D eigenvalue weighted by Crippen LogP contribution is 2.37. The second kappa shape index (κ2) is 6.15. The molecule has 0 aromatic heterocycles. The molecule has 1 unspecified atom stereocenters. The first-order chi connectivity index (χ1) is 9.74. The summed E-state index contributed by atoms with van der Waals surface area (Å²) in [6.07, 6.45) is 5.76. The fourth-order valence-electron chi connectivity index (χ4n) is 2.86. The summed E-state index contributed by atoms with van der Waals surface area (Å²) >= 11 is 0. The second-order valence-corrected chi connectivity index (χ2v) is 6.06. The van der Waals surface area contributed by atoms with Crippen molar-refractivity contribution in [1.29, 1.82) is 0 Å². The lowest BCUT2D eigenvalue weighted by Gasteiger charge is -2.36. The molecule has 2 saturated carbocycles. The number of rotatable bonds is 7. The number of aliphatic hydroxyl groups is 1. The number of hydrogen-bond donors (Lipinski definition) is 1. The van der Waals surface area contributed by atoms with E-state index in [1.54, 1.807) is 0 Å². The Morgan fingerprint density at radius 1 is 1.25 bits per heavy atom. The van der Waals surface area contributed by atoms with Crippen LogP contribution in [0.4, 0.5) is 0 Å². The van der Waals surface area contributed by atoms with Crippen LogP contribution >= 0.6 is 0 Å². The molecule has 3 rings (SSSR count). The van der Waals surface area contributed by atoms with E-state index in [9.17, 15) is 5.11 Å². The molecular formula is C17H24O3. The fraction of sp³-hybridized carbons (Fsp3) is 0.647. The zero-order chi connectivity index (χ0) is 13.9. The van der Waals surface area contributed by atoms with E-state index in [0.717, 1.165) is 50.0 Å². The van der Waals surface area contributed by atoms with Crippen LogP contribution in [0, 0.1) is 5.92 Å². The van der Waals surface area contributed by atoms with E-state index in [0.29, 0.717) is 18.1 Å². The SMILES string of the molecule is CCOC1CC(CC(O)c2cccc(OC3CC3)c2)C1. The van der Waals surface area contributed by atoms with Gasteiger partial charge in [0.05, 0.1) is 18.3 Å². The van der Waals surface area contributed by atoms with Gasteiger partial charge in [0.2, 0.25) is 0 Å². The monoisotopic (exact) mass is 276 g/mol. The van der Waals surface area contributed by atoms with Crippen LogP contribution in [0.5, 0.6) is 5.75 Å². The van der Waals surface area contributed by atoms with Gasteiger partial charge in [-0.25, -0.2) is 0 Å². The molecule has 2 aliphatic rings. The standard InChI is InChI=1S/C17H24O3/c1-2-19-16-8-12(9-16)10-17(18)13-4-3-5-15(11-13)20-14-6-7-14/h3-5,11-12,14,16-18H,2,6-10H2,1H3.